The molecule has 1 aromatic carbocycles. The first-order chi connectivity index (χ1) is 9.97. The van der Waals surface area contributed by atoms with Crippen molar-refractivity contribution in [2.75, 3.05) is 12.3 Å². The molecule has 0 saturated carbocycles. The van der Waals surface area contributed by atoms with Crippen LogP contribution in [0.25, 0.3) is 11.1 Å². The molecule has 0 saturated heterocycles. The van der Waals surface area contributed by atoms with Gasteiger partial charge in [0.25, 0.3) is 0 Å². The Morgan fingerprint density at radius 1 is 1.33 bits per heavy atom. The molecule has 0 spiro atoms. The van der Waals surface area contributed by atoms with E-state index in [4.69, 9.17) is 5.73 Å². The summed E-state index contributed by atoms with van der Waals surface area (Å²) in [6.07, 6.45) is 3.62. The summed E-state index contributed by atoms with van der Waals surface area (Å²) >= 11 is 0. The average molecular weight is 286 g/mol. The Bertz CT molecular complexity index is 618. The number of hydrogen-bond acceptors (Lipinski definition) is 3. The van der Waals surface area contributed by atoms with Gasteiger partial charge in [-0.1, -0.05) is 26.0 Å². The predicted molar refractivity (Wildman–Crippen MR) is 84.6 cm³/mol. The van der Waals surface area contributed by atoms with Gasteiger partial charge in [0.05, 0.1) is 6.20 Å². The second kappa shape index (κ2) is 6.43. The van der Waals surface area contributed by atoms with Crippen LogP contribution in [0.4, 0.5) is 5.69 Å². The minimum absolute atomic E-state index is 0.0223. The van der Waals surface area contributed by atoms with Gasteiger partial charge in [0.2, 0.25) is 5.91 Å². The van der Waals surface area contributed by atoms with Crippen LogP contribution in [-0.4, -0.2) is 22.2 Å². The average Bonchev–Trinajstić information content (AvgIpc) is 2.93. The number of nitrogens with zero attached hydrogens (tertiary/aromatic N) is 2. The highest BCUT2D eigenvalue weighted by Crippen LogP contribution is 2.21. The Hall–Kier alpha value is -2.30. The number of aromatic nitrogens is 2. The van der Waals surface area contributed by atoms with Crippen LogP contribution in [0.5, 0.6) is 0 Å². The normalized spacial score (nSPS) is 12.4. The smallest absolute Gasteiger partial charge is 0.244 e. The molecule has 1 atom stereocenters. The van der Waals surface area contributed by atoms with E-state index in [2.05, 4.69) is 24.3 Å². The zero-order valence-electron chi connectivity index (χ0n) is 12.7. The van der Waals surface area contributed by atoms with Crippen molar-refractivity contribution in [2.45, 2.75) is 26.8 Å². The number of rotatable bonds is 5. The zero-order chi connectivity index (χ0) is 15.4. The molecule has 2 rings (SSSR count). The second-order valence-electron chi connectivity index (χ2n) is 5.65. The van der Waals surface area contributed by atoms with Gasteiger partial charge in [-0.25, -0.2) is 0 Å². The van der Waals surface area contributed by atoms with Crippen molar-refractivity contribution in [1.29, 1.82) is 0 Å². The summed E-state index contributed by atoms with van der Waals surface area (Å²) in [5.41, 5.74) is 8.44. The van der Waals surface area contributed by atoms with E-state index in [-0.39, 0.29) is 11.9 Å². The van der Waals surface area contributed by atoms with Crippen molar-refractivity contribution in [2.24, 2.45) is 5.92 Å². The number of nitrogens with two attached hydrogens (primary N) is 1. The standard InChI is InChI=1S/C16H22N4O/c1-11(2)8-18-16(21)12(3)20-10-14(9-19-20)13-5-4-6-15(17)7-13/h4-7,9-12H,8,17H2,1-3H3,(H,18,21). The van der Waals surface area contributed by atoms with Crippen molar-refractivity contribution in [3.8, 4) is 11.1 Å². The first-order valence-electron chi connectivity index (χ1n) is 7.15. The first-order valence-corrected chi connectivity index (χ1v) is 7.15. The highest BCUT2D eigenvalue weighted by molar-refractivity contribution is 5.80. The highest BCUT2D eigenvalue weighted by atomic mass is 16.2. The molecule has 0 radical (unpaired) electrons. The van der Waals surface area contributed by atoms with Crippen molar-refractivity contribution >= 4 is 11.6 Å². The van der Waals surface area contributed by atoms with Gasteiger partial charge in [-0.3, -0.25) is 9.48 Å². The van der Waals surface area contributed by atoms with E-state index in [0.717, 1.165) is 11.1 Å². The van der Waals surface area contributed by atoms with Gasteiger partial charge in [0, 0.05) is 24.0 Å². The lowest BCUT2D eigenvalue weighted by Gasteiger charge is -2.13. The molecule has 2 aromatic rings. The number of nitrogens with one attached hydrogen (secondary N) is 1. The lowest BCUT2D eigenvalue weighted by Crippen LogP contribution is -2.33. The number of hydrogen-bond donors (Lipinski definition) is 2. The maximum absolute atomic E-state index is 12.1. The van der Waals surface area contributed by atoms with Crippen molar-refractivity contribution in [3.63, 3.8) is 0 Å². The van der Waals surface area contributed by atoms with E-state index in [0.29, 0.717) is 18.2 Å². The Labute approximate surface area is 125 Å². The van der Waals surface area contributed by atoms with Crippen LogP contribution in [0.15, 0.2) is 36.7 Å². The second-order valence-corrected chi connectivity index (χ2v) is 5.65. The lowest BCUT2D eigenvalue weighted by atomic mass is 10.1. The Kier molecular flexibility index (Phi) is 4.62. The molecule has 1 amide bonds. The van der Waals surface area contributed by atoms with Crippen LogP contribution in [0.2, 0.25) is 0 Å². The summed E-state index contributed by atoms with van der Waals surface area (Å²) in [5.74, 6) is 0.410. The summed E-state index contributed by atoms with van der Waals surface area (Å²) in [7, 11) is 0. The Balaban J connectivity index is 2.10. The molecule has 0 aliphatic carbocycles. The zero-order valence-corrected chi connectivity index (χ0v) is 12.7. The van der Waals surface area contributed by atoms with E-state index in [9.17, 15) is 4.79 Å². The van der Waals surface area contributed by atoms with E-state index < -0.39 is 0 Å². The predicted octanol–water partition coefficient (Wildman–Crippen LogP) is 2.47. The molecular weight excluding hydrogens is 264 g/mol. The largest absolute Gasteiger partial charge is 0.399 e. The van der Waals surface area contributed by atoms with Gasteiger partial charge in [-0.2, -0.15) is 5.10 Å². The van der Waals surface area contributed by atoms with Gasteiger partial charge in [0.15, 0.2) is 0 Å². The van der Waals surface area contributed by atoms with Crippen molar-refractivity contribution < 1.29 is 4.79 Å². The fraction of sp³-hybridized carbons (Fsp3) is 0.375. The van der Waals surface area contributed by atoms with Gasteiger partial charge >= 0.3 is 0 Å². The van der Waals surface area contributed by atoms with Crippen molar-refractivity contribution in [3.05, 3.63) is 36.7 Å². The van der Waals surface area contributed by atoms with E-state index in [1.54, 1.807) is 10.9 Å². The van der Waals surface area contributed by atoms with E-state index in [1.807, 2.05) is 37.4 Å². The maximum Gasteiger partial charge on any atom is 0.244 e. The van der Waals surface area contributed by atoms with Crippen LogP contribution in [0.1, 0.15) is 26.8 Å². The fourth-order valence-electron chi connectivity index (χ4n) is 1.99. The van der Waals surface area contributed by atoms with E-state index in [1.165, 1.54) is 0 Å². The Morgan fingerprint density at radius 2 is 2.10 bits per heavy atom. The minimum atomic E-state index is -0.335. The molecule has 112 valence electrons. The molecule has 1 heterocycles. The third-order valence-corrected chi connectivity index (χ3v) is 3.28. The number of benzene rings is 1. The molecular formula is C16H22N4O. The fourth-order valence-corrected chi connectivity index (χ4v) is 1.99. The quantitative estimate of drug-likeness (QED) is 0.829. The maximum atomic E-state index is 12.1. The lowest BCUT2D eigenvalue weighted by molar-refractivity contribution is -0.124. The number of nitrogen functional groups attached to an aromatic ring is 1. The van der Waals surface area contributed by atoms with Crippen LogP contribution < -0.4 is 11.1 Å². The monoisotopic (exact) mass is 286 g/mol. The molecule has 3 N–H and O–H groups in total. The molecule has 1 unspecified atom stereocenters. The van der Waals surface area contributed by atoms with Crippen LogP contribution in [0.3, 0.4) is 0 Å². The summed E-state index contributed by atoms with van der Waals surface area (Å²) < 4.78 is 1.67. The van der Waals surface area contributed by atoms with E-state index >= 15 is 0 Å². The third kappa shape index (κ3) is 3.84. The van der Waals surface area contributed by atoms with Crippen molar-refractivity contribution in [1.82, 2.24) is 15.1 Å². The summed E-state index contributed by atoms with van der Waals surface area (Å²) in [6.45, 7) is 6.64. The number of carbonyl (C=O) groups excluding carboxylic acids is 1. The minimum Gasteiger partial charge on any atom is -0.399 e. The Morgan fingerprint density at radius 3 is 2.76 bits per heavy atom. The third-order valence-electron chi connectivity index (χ3n) is 3.28. The SMILES string of the molecule is CC(C)CNC(=O)C(C)n1cc(-c2cccc(N)c2)cn1. The summed E-state index contributed by atoms with van der Waals surface area (Å²) in [6, 6.07) is 7.28. The molecule has 0 aliphatic heterocycles. The molecule has 0 bridgehead atoms. The molecule has 0 fully saturated rings. The van der Waals surface area contributed by atoms with Crippen LogP contribution >= 0.6 is 0 Å². The first kappa shape index (κ1) is 15.1. The number of amides is 1. The molecule has 0 aliphatic rings. The van der Waals surface area contributed by atoms with Gasteiger partial charge < -0.3 is 11.1 Å². The number of anilines is 1. The number of carbonyl (C=O) groups is 1. The van der Waals surface area contributed by atoms with Gasteiger partial charge in [-0.15, -0.1) is 0 Å². The van der Waals surface area contributed by atoms with Gasteiger partial charge in [0.1, 0.15) is 6.04 Å². The molecule has 1 aromatic heterocycles. The van der Waals surface area contributed by atoms with Crippen LogP contribution in [0, 0.1) is 5.92 Å². The van der Waals surface area contributed by atoms with Gasteiger partial charge in [-0.05, 0) is 30.5 Å². The molecule has 5 heteroatoms. The highest BCUT2D eigenvalue weighted by Gasteiger charge is 2.16. The summed E-state index contributed by atoms with van der Waals surface area (Å²) in [4.78, 5) is 12.1. The molecule has 21 heavy (non-hydrogen) atoms. The topological polar surface area (TPSA) is 72.9 Å². The molecule has 5 nitrogen and oxygen atoms in total. The summed E-state index contributed by atoms with van der Waals surface area (Å²) in [5, 5.41) is 7.20. The van der Waals surface area contributed by atoms with Crippen LogP contribution in [-0.2, 0) is 4.79 Å².